The van der Waals surface area contributed by atoms with Crippen LogP contribution in [0.1, 0.15) is 31.4 Å². The molecule has 0 aromatic carbocycles. The number of rotatable bonds is 7. The highest BCUT2D eigenvalue weighted by atomic mass is 16.7. The van der Waals surface area contributed by atoms with E-state index >= 15 is 0 Å². The van der Waals surface area contributed by atoms with E-state index in [2.05, 4.69) is 10.3 Å². The van der Waals surface area contributed by atoms with Gasteiger partial charge in [0, 0.05) is 12.8 Å². The number of hydrogen-bond acceptors (Lipinski definition) is 5. The smallest absolute Gasteiger partial charge is 0.157 e. The van der Waals surface area contributed by atoms with Crippen LogP contribution in [0, 0.1) is 0 Å². The van der Waals surface area contributed by atoms with Gasteiger partial charge in [-0.15, -0.1) is 5.10 Å². The van der Waals surface area contributed by atoms with Crippen LogP contribution in [0.15, 0.2) is 6.20 Å². The molecular weight excluding hydrogens is 232 g/mol. The van der Waals surface area contributed by atoms with Crippen molar-refractivity contribution in [2.75, 3.05) is 19.8 Å². The Morgan fingerprint density at radius 2 is 2.44 bits per heavy atom. The quantitative estimate of drug-likeness (QED) is 0.775. The van der Waals surface area contributed by atoms with Gasteiger partial charge in [-0.1, -0.05) is 5.21 Å². The van der Waals surface area contributed by atoms with Gasteiger partial charge < -0.3 is 15.2 Å². The fraction of sp³-hybridized carbons (Fsp3) is 0.833. The summed E-state index contributed by atoms with van der Waals surface area (Å²) in [5.74, 6) is 0. The minimum Gasteiger partial charge on any atom is -0.353 e. The van der Waals surface area contributed by atoms with Crippen molar-refractivity contribution in [1.29, 1.82) is 0 Å². The molecule has 1 fully saturated rings. The Morgan fingerprint density at radius 3 is 3.22 bits per heavy atom. The Bertz CT molecular complexity index is 337. The Labute approximate surface area is 107 Å². The van der Waals surface area contributed by atoms with E-state index in [-0.39, 0.29) is 6.29 Å². The van der Waals surface area contributed by atoms with Gasteiger partial charge in [-0.25, -0.2) is 4.68 Å². The van der Waals surface area contributed by atoms with Crippen molar-refractivity contribution in [3.05, 3.63) is 11.9 Å². The molecule has 0 spiro atoms. The van der Waals surface area contributed by atoms with Crippen LogP contribution in [-0.4, -0.2) is 41.0 Å². The lowest BCUT2D eigenvalue weighted by Crippen LogP contribution is -2.24. The fourth-order valence-electron chi connectivity index (χ4n) is 1.97. The number of aromatic nitrogens is 3. The zero-order valence-electron chi connectivity index (χ0n) is 10.8. The third kappa shape index (κ3) is 4.36. The van der Waals surface area contributed by atoms with Gasteiger partial charge in [0.25, 0.3) is 0 Å². The second-order valence-electron chi connectivity index (χ2n) is 4.53. The molecule has 1 aliphatic heterocycles. The van der Waals surface area contributed by atoms with Crippen LogP contribution in [0.2, 0.25) is 0 Å². The summed E-state index contributed by atoms with van der Waals surface area (Å²) in [5.41, 5.74) is 6.45. The maximum atomic E-state index is 5.65. The average molecular weight is 254 g/mol. The van der Waals surface area contributed by atoms with Crippen LogP contribution >= 0.6 is 0 Å². The molecule has 0 amide bonds. The zero-order chi connectivity index (χ0) is 12.6. The van der Waals surface area contributed by atoms with Crippen LogP contribution in [0.5, 0.6) is 0 Å². The van der Waals surface area contributed by atoms with Crippen molar-refractivity contribution in [3.8, 4) is 0 Å². The molecule has 2 rings (SSSR count). The van der Waals surface area contributed by atoms with Gasteiger partial charge in [0.15, 0.2) is 6.29 Å². The summed E-state index contributed by atoms with van der Waals surface area (Å²) in [4.78, 5) is 0. The molecule has 1 aliphatic rings. The van der Waals surface area contributed by atoms with E-state index < -0.39 is 0 Å². The fourth-order valence-corrected chi connectivity index (χ4v) is 1.97. The Balaban J connectivity index is 1.64. The van der Waals surface area contributed by atoms with Gasteiger partial charge >= 0.3 is 0 Å². The van der Waals surface area contributed by atoms with Gasteiger partial charge in [-0.3, -0.25) is 0 Å². The Hall–Kier alpha value is -0.980. The SMILES string of the molecule is NCCCc1cn(CCOC2CCCCO2)nn1. The molecule has 1 aromatic heterocycles. The first-order chi connectivity index (χ1) is 8.88. The average Bonchev–Trinajstić information content (AvgIpc) is 2.85. The maximum absolute atomic E-state index is 5.65. The standard InChI is InChI=1S/C12H22N4O2/c13-6-3-4-11-10-16(15-14-11)7-9-18-12-5-1-2-8-17-12/h10,12H,1-9,13H2. The second-order valence-corrected chi connectivity index (χ2v) is 4.53. The summed E-state index contributed by atoms with van der Waals surface area (Å²) < 4.78 is 13.0. The van der Waals surface area contributed by atoms with Gasteiger partial charge in [-0.2, -0.15) is 0 Å². The summed E-state index contributed by atoms with van der Waals surface area (Å²) in [6.45, 7) is 2.84. The van der Waals surface area contributed by atoms with Crippen LogP contribution in [-0.2, 0) is 22.4 Å². The lowest BCUT2D eigenvalue weighted by Gasteiger charge is -2.22. The topological polar surface area (TPSA) is 75.2 Å². The molecule has 1 atom stereocenters. The predicted octanol–water partition coefficient (Wildman–Crippen LogP) is 0.713. The van der Waals surface area contributed by atoms with E-state index in [4.69, 9.17) is 15.2 Å². The molecule has 18 heavy (non-hydrogen) atoms. The number of nitrogens with two attached hydrogens (primary N) is 1. The van der Waals surface area contributed by atoms with Crippen LogP contribution in [0.4, 0.5) is 0 Å². The molecule has 6 heteroatoms. The van der Waals surface area contributed by atoms with Gasteiger partial charge in [-0.05, 0) is 38.6 Å². The van der Waals surface area contributed by atoms with E-state index in [9.17, 15) is 0 Å². The zero-order valence-corrected chi connectivity index (χ0v) is 10.8. The summed E-state index contributed by atoms with van der Waals surface area (Å²) in [6, 6.07) is 0. The first-order valence-electron chi connectivity index (χ1n) is 6.71. The maximum Gasteiger partial charge on any atom is 0.157 e. The number of hydrogen-bond donors (Lipinski definition) is 1. The normalized spacial score (nSPS) is 20.2. The van der Waals surface area contributed by atoms with Crippen molar-refractivity contribution in [1.82, 2.24) is 15.0 Å². The lowest BCUT2D eigenvalue weighted by atomic mass is 10.2. The highest BCUT2D eigenvalue weighted by molar-refractivity contribution is 4.92. The van der Waals surface area contributed by atoms with Crippen LogP contribution in [0.25, 0.3) is 0 Å². The van der Waals surface area contributed by atoms with Crippen molar-refractivity contribution in [2.24, 2.45) is 5.73 Å². The van der Waals surface area contributed by atoms with Crippen LogP contribution < -0.4 is 5.73 Å². The molecular formula is C12H22N4O2. The van der Waals surface area contributed by atoms with Crippen molar-refractivity contribution < 1.29 is 9.47 Å². The first kappa shape index (κ1) is 13.5. The number of ether oxygens (including phenoxy) is 2. The second kappa shape index (κ2) is 7.45. The Kier molecular flexibility index (Phi) is 5.57. The molecule has 2 heterocycles. The van der Waals surface area contributed by atoms with E-state index in [1.807, 2.05) is 10.9 Å². The van der Waals surface area contributed by atoms with Gasteiger partial charge in [0.1, 0.15) is 0 Å². The van der Waals surface area contributed by atoms with E-state index in [0.29, 0.717) is 13.2 Å². The summed E-state index contributed by atoms with van der Waals surface area (Å²) in [6.07, 6.45) is 7.11. The number of nitrogens with zero attached hydrogens (tertiary/aromatic N) is 3. The molecule has 0 radical (unpaired) electrons. The summed E-state index contributed by atoms with van der Waals surface area (Å²) in [5, 5.41) is 8.15. The molecule has 1 unspecified atom stereocenters. The van der Waals surface area contributed by atoms with Crippen molar-refractivity contribution in [2.45, 2.75) is 44.9 Å². The summed E-state index contributed by atoms with van der Waals surface area (Å²) >= 11 is 0. The summed E-state index contributed by atoms with van der Waals surface area (Å²) in [7, 11) is 0. The first-order valence-corrected chi connectivity index (χ1v) is 6.71. The van der Waals surface area contributed by atoms with E-state index in [1.165, 1.54) is 6.42 Å². The number of aryl methyl sites for hydroxylation is 1. The van der Waals surface area contributed by atoms with Crippen molar-refractivity contribution in [3.63, 3.8) is 0 Å². The predicted molar refractivity (Wildman–Crippen MR) is 66.9 cm³/mol. The van der Waals surface area contributed by atoms with E-state index in [0.717, 1.165) is 44.5 Å². The van der Waals surface area contributed by atoms with Crippen molar-refractivity contribution >= 4 is 0 Å². The molecule has 1 aromatic rings. The largest absolute Gasteiger partial charge is 0.353 e. The highest BCUT2D eigenvalue weighted by Crippen LogP contribution is 2.13. The molecule has 0 aliphatic carbocycles. The van der Waals surface area contributed by atoms with Gasteiger partial charge in [0.05, 0.1) is 18.8 Å². The third-order valence-corrected chi connectivity index (χ3v) is 2.99. The lowest BCUT2D eigenvalue weighted by molar-refractivity contribution is -0.163. The minimum absolute atomic E-state index is 0.0287. The Morgan fingerprint density at radius 1 is 1.50 bits per heavy atom. The molecule has 2 N–H and O–H groups in total. The highest BCUT2D eigenvalue weighted by Gasteiger charge is 2.13. The molecule has 6 nitrogen and oxygen atoms in total. The third-order valence-electron chi connectivity index (χ3n) is 2.99. The monoisotopic (exact) mass is 254 g/mol. The molecule has 102 valence electrons. The molecule has 0 bridgehead atoms. The molecule has 1 saturated heterocycles. The van der Waals surface area contributed by atoms with Crippen LogP contribution in [0.3, 0.4) is 0 Å². The van der Waals surface area contributed by atoms with E-state index in [1.54, 1.807) is 0 Å². The molecule has 0 saturated carbocycles. The van der Waals surface area contributed by atoms with Gasteiger partial charge in [0.2, 0.25) is 0 Å². The minimum atomic E-state index is -0.0287.